The smallest absolute Gasteiger partial charge is 0.272 e. The average molecular weight is 324 g/mol. The van der Waals surface area contributed by atoms with Crippen molar-refractivity contribution in [1.29, 1.82) is 0 Å². The molecule has 2 aromatic rings. The predicted molar refractivity (Wildman–Crippen MR) is 96.7 cm³/mol. The fourth-order valence-electron chi connectivity index (χ4n) is 2.90. The van der Waals surface area contributed by atoms with Gasteiger partial charge in [0.1, 0.15) is 5.69 Å². The lowest BCUT2D eigenvalue weighted by molar-refractivity contribution is 0.0658. The molecule has 5 heteroatoms. The van der Waals surface area contributed by atoms with E-state index in [0.29, 0.717) is 5.69 Å². The summed E-state index contributed by atoms with van der Waals surface area (Å²) < 4.78 is 0. The lowest BCUT2D eigenvalue weighted by Gasteiger charge is -2.32. The second-order valence-electron chi connectivity index (χ2n) is 6.16. The SMILES string of the molecule is CCc1ccccc1Nc1ccnc(C(=O)N2CCN(C)CC2)c1. The number of carbonyl (C=O) groups is 1. The molecule has 0 aliphatic carbocycles. The third-order valence-electron chi connectivity index (χ3n) is 4.45. The summed E-state index contributed by atoms with van der Waals surface area (Å²) >= 11 is 0. The second kappa shape index (κ2) is 7.45. The van der Waals surface area contributed by atoms with E-state index in [0.717, 1.165) is 44.0 Å². The Kier molecular flexibility index (Phi) is 5.11. The highest BCUT2D eigenvalue weighted by atomic mass is 16.2. The summed E-state index contributed by atoms with van der Waals surface area (Å²) in [5.41, 5.74) is 3.72. The Bertz CT molecular complexity index is 708. The van der Waals surface area contributed by atoms with Crippen LogP contribution in [0.3, 0.4) is 0 Å². The van der Waals surface area contributed by atoms with Gasteiger partial charge < -0.3 is 15.1 Å². The number of anilines is 2. The molecule has 0 spiro atoms. The van der Waals surface area contributed by atoms with Crippen molar-refractivity contribution in [2.45, 2.75) is 13.3 Å². The molecule has 1 amide bonds. The van der Waals surface area contributed by atoms with Crippen molar-refractivity contribution in [3.8, 4) is 0 Å². The number of benzene rings is 1. The van der Waals surface area contributed by atoms with Crippen LogP contribution in [-0.2, 0) is 6.42 Å². The summed E-state index contributed by atoms with van der Waals surface area (Å²) in [6.45, 7) is 5.47. The minimum Gasteiger partial charge on any atom is -0.355 e. The Hall–Kier alpha value is -2.40. The number of aromatic nitrogens is 1. The van der Waals surface area contributed by atoms with Gasteiger partial charge in [0.2, 0.25) is 0 Å². The first kappa shape index (κ1) is 16.5. The first-order valence-electron chi connectivity index (χ1n) is 8.46. The number of pyridine rings is 1. The van der Waals surface area contributed by atoms with E-state index >= 15 is 0 Å². The molecule has 1 saturated heterocycles. The Labute approximate surface area is 143 Å². The maximum Gasteiger partial charge on any atom is 0.272 e. The first-order valence-corrected chi connectivity index (χ1v) is 8.46. The third kappa shape index (κ3) is 3.74. The minimum atomic E-state index is 0.00975. The van der Waals surface area contributed by atoms with Crippen molar-refractivity contribution in [2.24, 2.45) is 0 Å². The van der Waals surface area contributed by atoms with Gasteiger partial charge in [0.05, 0.1) is 0 Å². The fourth-order valence-corrected chi connectivity index (χ4v) is 2.90. The monoisotopic (exact) mass is 324 g/mol. The van der Waals surface area contributed by atoms with Crippen molar-refractivity contribution < 1.29 is 4.79 Å². The fraction of sp³-hybridized carbons (Fsp3) is 0.368. The van der Waals surface area contributed by atoms with Gasteiger partial charge in [-0.15, -0.1) is 0 Å². The lowest BCUT2D eigenvalue weighted by atomic mass is 10.1. The molecule has 126 valence electrons. The van der Waals surface area contributed by atoms with Crippen LogP contribution in [0.5, 0.6) is 0 Å². The van der Waals surface area contributed by atoms with Crippen LogP contribution >= 0.6 is 0 Å². The highest BCUT2D eigenvalue weighted by Crippen LogP contribution is 2.21. The highest BCUT2D eigenvalue weighted by molar-refractivity contribution is 5.93. The average Bonchev–Trinajstić information content (AvgIpc) is 2.62. The Balaban J connectivity index is 1.75. The van der Waals surface area contributed by atoms with Crippen molar-refractivity contribution in [2.75, 3.05) is 38.5 Å². The summed E-state index contributed by atoms with van der Waals surface area (Å²) in [6.07, 6.45) is 2.65. The van der Waals surface area contributed by atoms with Crippen LogP contribution in [0.1, 0.15) is 23.0 Å². The summed E-state index contributed by atoms with van der Waals surface area (Å²) in [6, 6.07) is 12.0. The molecule has 1 aliphatic rings. The topological polar surface area (TPSA) is 48.5 Å². The van der Waals surface area contributed by atoms with Crippen molar-refractivity contribution >= 4 is 17.3 Å². The van der Waals surface area contributed by atoms with Gasteiger partial charge in [0.25, 0.3) is 5.91 Å². The van der Waals surface area contributed by atoms with Gasteiger partial charge in [-0.05, 0) is 37.2 Å². The number of hydrogen-bond acceptors (Lipinski definition) is 4. The van der Waals surface area contributed by atoms with Crippen LogP contribution in [0.4, 0.5) is 11.4 Å². The van der Waals surface area contributed by atoms with Crippen LogP contribution < -0.4 is 5.32 Å². The second-order valence-corrected chi connectivity index (χ2v) is 6.16. The van der Waals surface area contributed by atoms with Gasteiger partial charge in [-0.2, -0.15) is 0 Å². The molecule has 2 heterocycles. The number of hydrogen-bond donors (Lipinski definition) is 1. The normalized spacial score (nSPS) is 15.3. The maximum absolute atomic E-state index is 12.7. The Morgan fingerprint density at radius 1 is 1.17 bits per heavy atom. The van der Waals surface area contributed by atoms with Crippen LogP contribution in [-0.4, -0.2) is 53.9 Å². The lowest BCUT2D eigenvalue weighted by Crippen LogP contribution is -2.47. The molecule has 0 unspecified atom stereocenters. The molecule has 1 aliphatic heterocycles. The zero-order valence-electron chi connectivity index (χ0n) is 14.3. The standard InChI is InChI=1S/C19H24N4O/c1-3-15-6-4-5-7-17(15)21-16-8-9-20-18(14-16)19(24)23-12-10-22(2)11-13-23/h4-9,14H,3,10-13H2,1-2H3,(H,20,21). The third-order valence-corrected chi connectivity index (χ3v) is 4.45. The molecule has 0 radical (unpaired) electrons. The van der Waals surface area contributed by atoms with E-state index in [9.17, 15) is 4.79 Å². The molecule has 0 bridgehead atoms. The van der Waals surface area contributed by atoms with Gasteiger partial charge in [0.15, 0.2) is 0 Å². The molecule has 24 heavy (non-hydrogen) atoms. The number of para-hydroxylation sites is 1. The molecule has 0 saturated carbocycles. The van der Waals surface area contributed by atoms with Gasteiger partial charge in [-0.3, -0.25) is 9.78 Å². The number of piperazine rings is 1. The number of amides is 1. The summed E-state index contributed by atoms with van der Waals surface area (Å²) in [4.78, 5) is 21.0. The predicted octanol–water partition coefficient (Wildman–Crippen LogP) is 2.78. The molecule has 1 N–H and O–H groups in total. The van der Waals surface area contributed by atoms with Gasteiger partial charge >= 0.3 is 0 Å². The van der Waals surface area contributed by atoms with Crippen molar-refractivity contribution in [3.05, 3.63) is 53.9 Å². The molecule has 1 aromatic heterocycles. The highest BCUT2D eigenvalue weighted by Gasteiger charge is 2.21. The Morgan fingerprint density at radius 3 is 2.67 bits per heavy atom. The maximum atomic E-state index is 12.7. The molecule has 5 nitrogen and oxygen atoms in total. The molecule has 0 atom stereocenters. The Morgan fingerprint density at radius 2 is 1.92 bits per heavy atom. The summed E-state index contributed by atoms with van der Waals surface area (Å²) in [5.74, 6) is 0.00975. The number of rotatable bonds is 4. The molecular weight excluding hydrogens is 300 g/mol. The number of nitrogens with one attached hydrogen (secondary N) is 1. The summed E-state index contributed by atoms with van der Waals surface area (Å²) in [5, 5.41) is 3.41. The molecular formula is C19H24N4O. The van der Waals surface area contributed by atoms with Gasteiger partial charge in [-0.25, -0.2) is 0 Å². The van der Waals surface area contributed by atoms with E-state index in [1.807, 2.05) is 29.2 Å². The number of nitrogens with zero attached hydrogens (tertiary/aromatic N) is 3. The van der Waals surface area contributed by atoms with E-state index in [4.69, 9.17) is 0 Å². The quantitative estimate of drug-likeness (QED) is 0.939. The van der Waals surface area contributed by atoms with Crippen LogP contribution in [0.2, 0.25) is 0 Å². The number of carbonyl (C=O) groups excluding carboxylic acids is 1. The van der Waals surface area contributed by atoms with Crippen molar-refractivity contribution in [3.63, 3.8) is 0 Å². The van der Waals surface area contributed by atoms with E-state index in [2.05, 4.69) is 41.3 Å². The van der Waals surface area contributed by atoms with Crippen LogP contribution in [0.25, 0.3) is 0 Å². The molecule has 3 rings (SSSR count). The van der Waals surface area contributed by atoms with E-state index in [1.54, 1.807) is 6.20 Å². The first-order chi connectivity index (χ1) is 11.7. The number of aryl methyl sites for hydroxylation is 1. The van der Waals surface area contributed by atoms with Gasteiger partial charge in [0, 0.05) is 43.8 Å². The van der Waals surface area contributed by atoms with Gasteiger partial charge in [-0.1, -0.05) is 25.1 Å². The number of likely N-dealkylation sites (N-methyl/N-ethyl adjacent to an activating group) is 1. The molecule has 1 aromatic carbocycles. The largest absolute Gasteiger partial charge is 0.355 e. The molecule has 1 fully saturated rings. The zero-order chi connectivity index (χ0) is 16.9. The van der Waals surface area contributed by atoms with Crippen molar-refractivity contribution in [1.82, 2.24) is 14.8 Å². The van der Waals surface area contributed by atoms with E-state index in [-0.39, 0.29) is 5.91 Å². The zero-order valence-corrected chi connectivity index (χ0v) is 14.3. The van der Waals surface area contributed by atoms with Crippen LogP contribution in [0, 0.1) is 0 Å². The van der Waals surface area contributed by atoms with E-state index in [1.165, 1.54) is 5.56 Å². The summed E-state index contributed by atoms with van der Waals surface area (Å²) in [7, 11) is 2.08. The van der Waals surface area contributed by atoms with Crippen LogP contribution in [0.15, 0.2) is 42.6 Å². The van der Waals surface area contributed by atoms with E-state index < -0.39 is 0 Å². The minimum absolute atomic E-state index is 0.00975.